The zero-order valence-electron chi connectivity index (χ0n) is 7.60. The topological polar surface area (TPSA) is 42.4 Å². The maximum atomic E-state index is 9.53. The molecule has 13 heavy (non-hydrogen) atoms. The number of aromatic nitrogens is 1. The van der Waals surface area contributed by atoms with Crippen molar-refractivity contribution in [2.45, 2.75) is 13.0 Å². The quantitative estimate of drug-likeness (QED) is 0.655. The van der Waals surface area contributed by atoms with Crippen LogP contribution in [0.4, 0.5) is 0 Å². The number of pyridine rings is 1. The number of nitrogens with zero attached hydrogens (tertiary/aromatic N) is 1. The molecule has 0 amide bonds. The van der Waals surface area contributed by atoms with Crippen molar-refractivity contribution < 1.29 is 9.84 Å². The molecule has 0 aliphatic carbocycles. The van der Waals surface area contributed by atoms with E-state index in [1.165, 1.54) is 0 Å². The molecule has 68 valence electrons. The van der Waals surface area contributed by atoms with Gasteiger partial charge < -0.3 is 9.84 Å². The summed E-state index contributed by atoms with van der Waals surface area (Å²) < 4.78 is 5.06. The highest BCUT2D eigenvalue weighted by Crippen LogP contribution is 2.07. The molecule has 0 saturated carbocycles. The van der Waals surface area contributed by atoms with Gasteiger partial charge in [0.15, 0.2) is 0 Å². The van der Waals surface area contributed by atoms with E-state index in [-0.39, 0.29) is 6.61 Å². The third kappa shape index (κ3) is 3.16. The molecule has 1 heterocycles. The van der Waals surface area contributed by atoms with E-state index < -0.39 is 6.10 Å². The summed E-state index contributed by atoms with van der Waals surface area (Å²) in [6.45, 7) is 2.71. The Morgan fingerprint density at radius 1 is 1.62 bits per heavy atom. The monoisotopic (exact) mass is 177 g/mol. The van der Waals surface area contributed by atoms with Crippen LogP contribution >= 0.6 is 0 Å². The first-order chi connectivity index (χ1) is 6.24. The zero-order valence-corrected chi connectivity index (χ0v) is 7.60. The van der Waals surface area contributed by atoms with Gasteiger partial charge in [0.05, 0.1) is 12.3 Å². The highest BCUT2D eigenvalue weighted by Gasteiger charge is 2.07. The lowest BCUT2D eigenvalue weighted by molar-refractivity contribution is 0.0399. The Morgan fingerprint density at radius 3 is 3.00 bits per heavy atom. The lowest BCUT2D eigenvalue weighted by Gasteiger charge is -2.10. The molecule has 2 radical (unpaired) electrons. The lowest BCUT2D eigenvalue weighted by Crippen LogP contribution is -2.15. The number of hydrogen-bond acceptors (Lipinski definition) is 3. The van der Waals surface area contributed by atoms with Gasteiger partial charge in [0.1, 0.15) is 14.0 Å². The fourth-order valence-corrected chi connectivity index (χ4v) is 0.969. The van der Waals surface area contributed by atoms with Gasteiger partial charge in [-0.3, -0.25) is 4.98 Å². The van der Waals surface area contributed by atoms with E-state index in [1.54, 1.807) is 18.2 Å². The number of ether oxygens (including phenoxy) is 1. The minimum atomic E-state index is -0.691. The fourth-order valence-electron chi connectivity index (χ4n) is 0.969. The largest absolute Gasteiger partial charge is 0.384 e. The molecule has 1 unspecified atom stereocenters. The number of aliphatic hydroxyl groups excluding tert-OH is 1. The van der Waals surface area contributed by atoms with Gasteiger partial charge in [-0.05, 0) is 18.6 Å². The minimum Gasteiger partial charge on any atom is -0.384 e. The SMILES string of the molecule is [B]c1cccc(C(O)COCC)n1. The highest BCUT2D eigenvalue weighted by atomic mass is 16.5. The van der Waals surface area contributed by atoms with Gasteiger partial charge in [0.25, 0.3) is 0 Å². The summed E-state index contributed by atoms with van der Waals surface area (Å²) in [4.78, 5) is 3.97. The highest BCUT2D eigenvalue weighted by molar-refractivity contribution is 6.30. The summed E-state index contributed by atoms with van der Waals surface area (Å²) in [5.74, 6) is 0. The van der Waals surface area contributed by atoms with Crippen LogP contribution in [-0.4, -0.2) is 31.2 Å². The smallest absolute Gasteiger partial charge is 0.141 e. The summed E-state index contributed by atoms with van der Waals surface area (Å²) >= 11 is 0. The molecule has 3 nitrogen and oxygen atoms in total. The maximum Gasteiger partial charge on any atom is 0.141 e. The average Bonchev–Trinajstić information content (AvgIpc) is 2.14. The summed E-state index contributed by atoms with van der Waals surface area (Å²) in [6.07, 6.45) is -0.691. The Balaban J connectivity index is 2.60. The van der Waals surface area contributed by atoms with Gasteiger partial charge in [0, 0.05) is 6.61 Å². The maximum absolute atomic E-state index is 9.53. The second-order valence-electron chi connectivity index (χ2n) is 2.66. The Bertz CT molecular complexity index is 268. The Labute approximate surface area is 79.2 Å². The molecule has 1 atom stereocenters. The fraction of sp³-hybridized carbons (Fsp3) is 0.444. The van der Waals surface area contributed by atoms with Crippen molar-refractivity contribution in [1.82, 2.24) is 4.98 Å². The molecule has 0 bridgehead atoms. The zero-order chi connectivity index (χ0) is 9.68. The molecule has 1 aromatic rings. The molecule has 1 aromatic heterocycles. The van der Waals surface area contributed by atoms with Crippen molar-refractivity contribution in [3.05, 3.63) is 23.9 Å². The van der Waals surface area contributed by atoms with Crippen LogP contribution in [0.1, 0.15) is 18.7 Å². The molecular weight excluding hydrogens is 165 g/mol. The van der Waals surface area contributed by atoms with Crippen molar-refractivity contribution in [3.8, 4) is 0 Å². The van der Waals surface area contributed by atoms with E-state index in [0.717, 1.165) is 0 Å². The van der Waals surface area contributed by atoms with Crippen molar-refractivity contribution in [1.29, 1.82) is 0 Å². The van der Waals surface area contributed by atoms with Crippen LogP contribution in [0.25, 0.3) is 0 Å². The van der Waals surface area contributed by atoms with Crippen LogP contribution in [0, 0.1) is 0 Å². The van der Waals surface area contributed by atoms with Gasteiger partial charge in [-0.25, -0.2) is 0 Å². The van der Waals surface area contributed by atoms with E-state index in [2.05, 4.69) is 4.98 Å². The first-order valence-corrected chi connectivity index (χ1v) is 4.22. The predicted molar refractivity (Wildman–Crippen MR) is 51.1 cm³/mol. The normalized spacial score (nSPS) is 12.8. The number of hydrogen-bond donors (Lipinski definition) is 1. The van der Waals surface area contributed by atoms with Gasteiger partial charge in [-0.15, -0.1) is 0 Å². The van der Waals surface area contributed by atoms with E-state index in [1.807, 2.05) is 6.92 Å². The predicted octanol–water partition coefficient (Wildman–Crippen LogP) is -0.0547. The van der Waals surface area contributed by atoms with Crippen LogP contribution in [0.3, 0.4) is 0 Å². The van der Waals surface area contributed by atoms with Crippen molar-refractivity contribution in [2.24, 2.45) is 0 Å². The molecule has 1 rings (SSSR count). The molecule has 0 aliphatic heterocycles. The average molecular weight is 177 g/mol. The molecular formula is C9H12BNO2. The Kier molecular flexibility index (Phi) is 3.92. The van der Waals surface area contributed by atoms with Gasteiger partial charge >= 0.3 is 0 Å². The van der Waals surface area contributed by atoms with E-state index in [0.29, 0.717) is 17.9 Å². The van der Waals surface area contributed by atoms with E-state index >= 15 is 0 Å². The first-order valence-electron chi connectivity index (χ1n) is 4.22. The Hall–Kier alpha value is -0.865. The molecule has 0 spiro atoms. The molecule has 0 saturated heterocycles. The van der Waals surface area contributed by atoms with Gasteiger partial charge in [0.2, 0.25) is 0 Å². The van der Waals surface area contributed by atoms with Crippen molar-refractivity contribution in [3.63, 3.8) is 0 Å². The molecule has 0 aliphatic rings. The van der Waals surface area contributed by atoms with Gasteiger partial charge in [-0.1, -0.05) is 12.1 Å². The third-order valence-electron chi connectivity index (χ3n) is 1.61. The lowest BCUT2D eigenvalue weighted by atomic mass is 10.0. The van der Waals surface area contributed by atoms with Crippen LogP contribution in [0.15, 0.2) is 18.2 Å². The minimum absolute atomic E-state index is 0.257. The first kappa shape index (κ1) is 10.2. The van der Waals surface area contributed by atoms with Crippen LogP contribution < -0.4 is 5.59 Å². The number of rotatable bonds is 4. The second kappa shape index (κ2) is 4.99. The summed E-state index contributed by atoms with van der Waals surface area (Å²) in [7, 11) is 5.46. The van der Waals surface area contributed by atoms with Crippen molar-refractivity contribution in [2.75, 3.05) is 13.2 Å². The Morgan fingerprint density at radius 2 is 2.38 bits per heavy atom. The van der Waals surface area contributed by atoms with E-state index in [4.69, 9.17) is 12.6 Å². The number of aliphatic hydroxyl groups is 1. The molecule has 1 N–H and O–H groups in total. The summed E-state index contributed by atoms with van der Waals surface area (Å²) in [5.41, 5.74) is 0.960. The van der Waals surface area contributed by atoms with Crippen molar-refractivity contribution >= 4 is 13.4 Å². The molecule has 0 fully saturated rings. The van der Waals surface area contributed by atoms with Crippen LogP contribution in [0.2, 0.25) is 0 Å². The molecule has 4 heteroatoms. The second-order valence-corrected chi connectivity index (χ2v) is 2.66. The van der Waals surface area contributed by atoms with Crippen LogP contribution in [0.5, 0.6) is 0 Å². The molecule has 0 aromatic carbocycles. The standard InChI is InChI=1S/C9H12BNO2/c1-2-13-6-8(12)7-4-3-5-9(10)11-7/h3-5,8,12H,2,6H2,1H3. The third-order valence-corrected chi connectivity index (χ3v) is 1.61. The van der Waals surface area contributed by atoms with E-state index in [9.17, 15) is 5.11 Å². The summed E-state index contributed by atoms with van der Waals surface area (Å²) in [6, 6.07) is 5.16. The summed E-state index contributed by atoms with van der Waals surface area (Å²) in [5, 5.41) is 9.53. The van der Waals surface area contributed by atoms with Crippen LogP contribution in [-0.2, 0) is 4.74 Å². The van der Waals surface area contributed by atoms with Gasteiger partial charge in [-0.2, -0.15) is 0 Å².